The molecule has 20 heavy (non-hydrogen) atoms. The van der Waals surface area contributed by atoms with Gasteiger partial charge in [-0.05, 0) is 50.6 Å². The lowest BCUT2D eigenvalue weighted by molar-refractivity contribution is 0.209. The van der Waals surface area contributed by atoms with E-state index in [0.29, 0.717) is 6.04 Å². The molecule has 0 spiro atoms. The number of piperidine rings is 1. The standard InChI is InChI=1S/C15H23N5/c1-12(11-20-7-3-2-4-8-20)16-10-13-5-6-14-15(9-13)18-19-17-14/h5-6,9,12,16H,2-4,7-8,10-11H2,1H3,(H,17,18,19). The van der Waals surface area contributed by atoms with E-state index >= 15 is 0 Å². The van der Waals surface area contributed by atoms with Crippen molar-refractivity contribution in [3.05, 3.63) is 23.8 Å². The number of aromatic nitrogens is 3. The van der Waals surface area contributed by atoms with Crippen LogP contribution in [-0.2, 0) is 6.54 Å². The van der Waals surface area contributed by atoms with Crippen molar-refractivity contribution in [1.29, 1.82) is 0 Å². The average Bonchev–Trinajstić information content (AvgIpc) is 2.93. The van der Waals surface area contributed by atoms with Crippen molar-refractivity contribution in [2.45, 2.75) is 38.8 Å². The minimum absolute atomic E-state index is 0.515. The van der Waals surface area contributed by atoms with Crippen LogP contribution in [0.3, 0.4) is 0 Å². The zero-order valence-corrected chi connectivity index (χ0v) is 12.1. The molecule has 0 saturated carbocycles. The number of fused-ring (bicyclic) bond motifs is 1. The van der Waals surface area contributed by atoms with E-state index in [1.54, 1.807) is 0 Å². The number of nitrogens with one attached hydrogen (secondary N) is 2. The van der Waals surface area contributed by atoms with E-state index in [1.807, 2.05) is 6.07 Å². The van der Waals surface area contributed by atoms with Gasteiger partial charge in [0.05, 0.1) is 0 Å². The normalized spacial score (nSPS) is 18.4. The Hall–Kier alpha value is -1.46. The molecule has 5 nitrogen and oxygen atoms in total. The number of hydrogen-bond donors (Lipinski definition) is 2. The Labute approximate surface area is 119 Å². The molecule has 1 aromatic carbocycles. The summed E-state index contributed by atoms with van der Waals surface area (Å²) < 4.78 is 0. The highest BCUT2D eigenvalue weighted by molar-refractivity contribution is 5.74. The Balaban J connectivity index is 1.50. The summed E-state index contributed by atoms with van der Waals surface area (Å²) in [6, 6.07) is 6.75. The third-order valence-electron chi connectivity index (χ3n) is 4.02. The van der Waals surface area contributed by atoms with E-state index in [4.69, 9.17) is 0 Å². The van der Waals surface area contributed by atoms with Crippen molar-refractivity contribution in [3.8, 4) is 0 Å². The fraction of sp³-hybridized carbons (Fsp3) is 0.600. The smallest absolute Gasteiger partial charge is 0.113 e. The van der Waals surface area contributed by atoms with Crippen molar-refractivity contribution in [3.63, 3.8) is 0 Å². The Morgan fingerprint density at radius 2 is 2.00 bits per heavy atom. The van der Waals surface area contributed by atoms with Gasteiger partial charge in [0, 0.05) is 19.1 Å². The largest absolute Gasteiger partial charge is 0.309 e. The summed E-state index contributed by atoms with van der Waals surface area (Å²) >= 11 is 0. The van der Waals surface area contributed by atoms with Crippen LogP contribution in [0.5, 0.6) is 0 Å². The molecule has 1 unspecified atom stereocenters. The predicted octanol–water partition coefficient (Wildman–Crippen LogP) is 1.92. The highest BCUT2D eigenvalue weighted by Crippen LogP contribution is 2.11. The molecule has 2 N–H and O–H groups in total. The highest BCUT2D eigenvalue weighted by atomic mass is 15.3. The molecule has 0 amide bonds. The van der Waals surface area contributed by atoms with Crippen molar-refractivity contribution in [1.82, 2.24) is 25.6 Å². The fourth-order valence-corrected chi connectivity index (χ4v) is 2.88. The van der Waals surface area contributed by atoms with Gasteiger partial charge in [-0.2, -0.15) is 15.4 Å². The van der Waals surface area contributed by atoms with Gasteiger partial charge in [-0.3, -0.25) is 0 Å². The summed E-state index contributed by atoms with van der Waals surface area (Å²) in [5, 5.41) is 14.5. The van der Waals surface area contributed by atoms with Gasteiger partial charge in [0.1, 0.15) is 11.0 Å². The molecular formula is C15H23N5. The summed E-state index contributed by atoms with van der Waals surface area (Å²) in [5.41, 5.74) is 3.12. The maximum atomic E-state index is 4.13. The lowest BCUT2D eigenvalue weighted by Gasteiger charge is -2.29. The first-order chi connectivity index (χ1) is 9.81. The van der Waals surface area contributed by atoms with Gasteiger partial charge in [0.15, 0.2) is 0 Å². The van der Waals surface area contributed by atoms with Gasteiger partial charge in [-0.1, -0.05) is 12.5 Å². The van der Waals surface area contributed by atoms with Crippen LogP contribution in [0.4, 0.5) is 0 Å². The maximum Gasteiger partial charge on any atom is 0.113 e. The molecule has 108 valence electrons. The Morgan fingerprint density at radius 3 is 2.85 bits per heavy atom. The molecule has 1 atom stereocenters. The first-order valence-electron chi connectivity index (χ1n) is 7.56. The third-order valence-corrected chi connectivity index (χ3v) is 4.02. The van der Waals surface area contributed by atoms with Crippen LogP contribution in [0.15, 0.2) is 18.2 Å². The Morgan fingerprint density at radius 1 is 1.20 bits per heavy atom. The first-order valence-corrected chi connectivity index (χ1v) is 7.56. The van der Waals surface area contributed by atoms with E-state index in [1.165, 1.54) is 37.9 Å². The highest BCUT2D eigenvalue weighted by Gasteiger charge is 2.13. The van der Waals surface area contributed by atoms with E-state index in [2.05, 4.69) is 44.7 Å². The quantitative estimate of drug-likeness (QED) is 0.874. The topological polar surface area (TPSA) is 56.8 Å². The summed E-state index contributed by atoms with van der Waals surface area (Å²) in [6.45, 7) is 6.82. The molecule has 3 rings (SSSR count). The molecule has 1 saturated heterocycles. The van der Waals surface area contributed by atoms with E-state index < -0.39 is 0 Å². The minimum atomic E-state index is 0.515. The van der Waals surface area contributed by atoms with Gasteiger partial charge < -0.3 is 10.2 Å². The van der Waals surface area contributed by atoms with Crippen molar-refractivity contribution in [2.75, 3.05) is 19.6 Å². The number of aromatic amines is 1. The van der Waals surface area contributed by atoms with Crippen LogP contribution < -0.4 is 5.32 Å². The zero-order chi connectivity index (χ0) is 13.8. The average molecular weight is 273 g/mol. The van der Waals surface area contributed by atoms with Crippen LogP contribution in [0.1, 0.15) is 31.7 Å². The SMILES string of the molecule is CC(CN1CCCCC1)NCc1ccc2n[nH]nc2c1. The van der Waals surface area contributed by atoms with Gasteiger partial charge in [-0.15, -0.1) is 0 Å². The summed E-state index contributed by atoms with van der Waals surface area (Å²) in [4.78, 5) is 2.57. The molecule has 1 aliphatic heterocycles. The molecule has 0 bridgehead atoms. The third kappa shape index (κ3) is 3.35. The first kappa shape index (κ1) is 13.5. The number of hydrogen-bond acceptors (Lipinski definition) is 4. The van der Waals surface area contributed by atoms with Crippen molar-refractivity contribution in [2.24, 2.45) is 0 Å². The summed E-state index contributed by atoms with van der Waals surface area (Å²) in [7, 11) is 0. The second-order valence-electron chi connectivity index (χ2n) is 5.79. The lowest BCUT2D eigenvalue weighted by atomic mass is 10.1. The molecule has 1 aromatic heterocycles. The summed E-state index contributed by atoms with van der Waals surface area (Å²) in [6.07, 6.45) is 4.11. The zero-order valence-electron chi connectivity index (χ0n) is 12.1. The van der Waals surface area contributed by atoms with E-state index in [0.717, 1.165) is 24.1 Å². The Bertz CT molecular complexity index is 544. The second-order valence-corrected chi connectivity index (χ2v) is 5.79. The number of benzene rings is 1. The van der Waals surface area contributed by atoms with Gasteiger partial charge in [-0.25, -0.2) is 0 Å². The molecule has 1 fully saturated rings. The second kappa shape index (κ2) is 6.33. The van der Waals surface area contributed by atoms with Gasteiger partial charge in [0.2, 0.25) is 0 Å². The fourth-order valence-electron chi connectivity index (χ4n) is 2.88. The molecule has 0 aliphatic carbocycles. The number of H-pyrrole nitrogens is 1. The molecular weight excluding hydrogens is 250 g/mol. The summed E-state index contributed by atoms with van der Waals surface area (Å²) in [5.74, 6) is 0. The van der Waals surface area contributed by atoms with Gasteiger partial charge >= 0.3 is 0 Å². The molecule has 2 heterocycles. The van der Waals surface area contributed by atoms with Crippen molar-refractivity contribution >= 4 is 11.0 Å². The maximum absolute atomic E-state index is 4.13. The van der Waals surface area contributed by atoms with Crippen LogP contribution in [0, 0.1) is 0 Å². The van der Waals surface area contributed by atoms with Crippen molar-refractivity contribution < 1.29 is 0 Å². The van der Waals surface area contributed by atoms with E-state index in [9.17, 15) is 0 Å². The minimum Gasteiger partial charge on any atom is -0.309 e. The van der Waals surface area contributed by atoms with E-state index in [-0.39, 0.29) is 0 Å². The van der Waals surface area contributed by atoms with Crippen LogP contribution in [0.25, 0.3) is 11.0 Å². The number of likely N-dealkylation sites (tertiary alicyclic amines) is 1. The van der Waals surface area contributed by atoms with Crippen LogP contribution in [-0.4, -0.2) is 46.0 Å². The number of nitrogens with zero attached hydrogens (tertiary/aromatic N) is 3. The number of rotatable bonds is 5. The monoisotopic (exact) mass is 273 g/mol. The molecule has 5 heteroatoms. The molecule has 0 radical (unpaired) electrons. The van der Waals surface area contributed by atoms with Crippen LogP contribution in [0.2, 0.25) is 0 Å². The lowest BCUT2D eigenvalue weighted by Crippen LogP contribution is -2.41. The molecule has 1 aliphatic rings. The Kier molecular flexibility index (Phi) is 4.28. The molecule has 2 aromatic rings. The van der Waals surface area contributed by atoms with Crippen LogP contribution >= 0.6 is 0 Å². The van der Waals surface area contributed by atoms with Gasteiger partial charge in [0.25, 0.3) is 0 Å². The predicted molar refractivity (Wildman–Crippen MR) is 80.5 cm³/mol.